The van der Waals surface area contributed by atoms with Crippen LogP contribution in [-0.2, 0) is 4.79 Å². The van der Waals surface area contributed by atoms with Crippen molar-refractivity contribution in [3.05, 3.63) is 64.4 Å². The average Bonchev–Trinajstić information content (AvgIpc) is 3.45. The van der Waals surface area contributed by atoms with E-state index < -0.39 is 0 Å². The number of halogens is 2. The lowest BCUT2D eigenvalue weighted by molar-refractivity contribution is -0.132. The van der Waals surface area contributed by atoms with Gasteiger partial charge >= 0.3 is 0 Å². The summed E-state index contributed by atoms with van der Waals surface area (Å²) >= 11 is 6.13. The number of rotatable bonds is 3. The van der Waals surface area contributed by atoms with Crippen LogP contribution in [0.4, 0.5) is 10.1 Å². The van der Waals surface area contributed by atoms with E-state index in [0.29, 0.717) is 0 Å². The summed E-state index contributed by atoms with van der Waals surface area (Å²) in [6, 6.07) is 12.5. The fourth-order valence-corrected chi connectivity index (χ4v) is 4.04. The molecule has 0 radical (unpaired) electrons. The molecule has 5 heteroatoms. The molecular weight excluding hydrogens is 351 g/mol. The van der Waals surface area contributed by atoms with Crippen molar-refractivity contribution in [2.45, 2.75) is 19.3 Å². The second-order valence-corrected chi connectivity index (χ2v) is 7.68. The average molecular weight is 373 g/mol. The molecule has 1 aliphatic carbocycles. The Morgan fingerprint density at radius 2 is 1.77 bits per heavy atom. The number of piperazine rings is 1. The van der Waals surface area contributed by atoms with Gasteiger partial charge in [-0.05, 0) is 54.7 Å². The number of nitrogens with zero attached hydrogens (tertiary/aromatic N) is 2. The highest BCUT2D eigenvalue weighted by Crippen LogP contribution is 2.48. The van der Waals surface area contributed by atoms with Gasteiger partial charge in [-0.1, -0.05) is 29.8 Å². The molecule has 2 atom stereocenters. The molecular formula is C21H22ClFN2O. The van der Waals surface area contributed by atoms with E-state index in [2.05, 4.69) is 11.8 Å². The number of hydrogen-bond acceptors (Lipinski definition) is 2. The predicted molar refractivity (Wildman–Crippen MR) is 102 cm³/mol. The van der Waals surface area contributed by atoms with E-state index in [4.69, 9.17) is 11.6 Å². The third-order valence-corrected chi connectivity index (χ3v) is 5.74. The van der Waals surface area contributed by atoms with E-state index in [1.54, 1.807) is 12.1 Å². The lowest BCUT2D eigenvalue weighted by Crippen LogP contribution is -2.49. The van der Waals surface area contributed by atoms with E-state index in [9.17, 15) is 9.18 Å². The minimum Gasteiger partial charge on any atom is -0.368 e. The molecule has 3 nitrogen and oxygen atoms in total. The molecule has 2 aromatic rings. The van der Waals surface area contributed by atoms with E-state index in [0.717, 1.165) is 48.9 Å². The molecule has 0 unspecified atom stereocenters. The lowest BCUT2D eigenvalue weighted by Gasteiger charge is -2.37. The van der Waals surface area contributed by atoms with E-state index in [-0.39, 0.29) is 23.6 Å². The van der Waals surface area contributed by atoms with E-state index >= 15 is 0 Å². The SMILES string of the molecule is Cc1ccc(Cl)cc1N1CCN(C(=O)[C@H]2C[C@H]2c2ccc(F)cc2)CC1. The van der Waals surface area contributed by atoms with Crippen molar-refractivity contribution in [1.29, 1.82) is 0 Å². The van der Waals surface area contributed by atoms with Crippen LogP contribution < -0.4 is 4.90 Å². The zero-order valence-corrected chi connectivity index (χ0v) is 15.5. The molecule has 0 spiro atoms. The third kappa shape index (κ3) is 3.43. The highest BCUT2D eigenvalue weighted by Gasteiger charge is 2.46. The minimum atomic E-state index is -0.232. The second kappa shape index (κ2) is 6.92. The van der Waals surface area contributed by atoms with Crippen LogP contribution in [-0.4, -0.2) is 37.0 Å². The van der Waals surface area contributed by atoms with Gasteiger partial charge in [0.2, 0.25) is 5.91 Å². The van der Waals surface area contributed by atoms with Crippen molar-refractivity contribution >= 4 is 23.2 Å². The molecule has 0 aromatic heterocycles. The van der Waals surface area contributed by atoms with Gasteiger partial charge in [-0.2, -0.15) is 0 Å². The maximum absolute atomic E-state index is 13.1. The summed E-state index contributed by atoms with van der Waals surface area (Å²) in [4.78, 5) is 17.1. The monoisotopic (exact) mass is 372 g/mol. The summed E-state index contributed by atoms with van der Waals surface area (Å²) in [5, 5.41) is 0.740. The summed E-state index contributed by atoms with van der Waals surface area (Å²) in [7, 11) is 0. The first-order chi connectivity index (χ1) is 12.5. The molecule has 4 rings (SSSR count). The lowest BCUT2D eigenvalue weighted by atomic mass is 10.1. The molecule has 26 heavy (non-hydrogen) atoms. The van der Waals surface area contributed by atoms with E-state index in [1.807, 2.05) is 23.1 Å². The Balaban J connectivity index is 1.36. The molecule has 0 N–H and O–H groups in total. The molecule has 136 valence electrons. The van der Waals surface area contributed by atoms with Gasteiger partial charge < -0.3 is 9.80 Å². The summed E-state index contributed by atoms with van der Waals surface area (Å²) in [6.45, 7) is 5.19. The highest BCUT2D eigenvalue weighted by atomic mass is 35.5. The summed E-state index contributed by atoms with van der Waals surface area (Å²) in [6.07, 6.45) is 0.873. The van der Waals surface area contributed by atoms with Gasteiger partial charge in [0.1, 0.15) is 5.82 Å². The Hall–Kier alpha value is -2.07. The van der Waals surface area contributed by atoms with Crippen LogP contribution in [0.1, 0.15) is 23.5 Å². The quantitative estimate of drug-likeness (QED) is 0.804. The number of amides is 1. The zero-order valence-electron chi connectivity index (χ0n) is 14.8. The second-order valence-electron chi connectivity index (χ2n) is 7.24. The minimum absolute atomic E-state index is 0.0555. The van der Waals surface area contributed by atoms with Gasteiger partial charge in [-0.3, -0.25) is 4.79 Å². The van der Waals surface area contributed by atoms with Crippen molar-refractivity contribution in [2.75, 3.05) is 31.1 Å². The Kier molecular flexibility index (Phi) is 4.62. The van der Waals surface area contributed by atoms with Crippen LogP contribution in [0, 0.1) is 18.7 Å². The van der Waals surface area contributed by atoms with Gasteiger partial charge in [-0.25, -0.2) is 4.39 Å². The fraction of sp³-hybridized carbons (Fsp3) is 0.381. The number of carbonyl (C=O) groups excluding carboxylic acids is 1. The molecule has 1 saturated carbocycles. The number of anilines is 1. The van der Waals surface area contributed by atoms with Crippen LogP contribution in [0.15, 0.2) is 42.5 Å². The molecule has 2 aromatic carbocycles. The first kappa shape index (κ1) is 17.3. The number of aryl methyl sites for hydroxylation is 1. The smallest absolute Gasteiger partial charge is 0.226 e. The molecule has 0 bridgehead atoms. The van der Waals surface area contributed by atoms with Crippen molar-refractivity contribution in [3.63, 3.8) is 0 Å². The summed E-state index contributed by atoms with van der Waals surface area (Å²) in [5.41, 5.74) is 3.42. The first-order valence-corrected chi connectivity index (χ1v) is 9.46. The van der Waals surface area contributed by atoms with Crippen LogP contribution in [0.3, 0.4) is 0 Å². The zero-order chi connectivity index (χ0) is 18.3. The summed E-state index contributed by atoms with van der Waals surface area (Å²) < 4.78 is 13.1. The topological polar surface area (TPSA) is 23.6 Å². The molecule has 2 aliphatic rings. The molecule has 2 fully saturated rings. The van der Waals surface area contributed by atoms with Crippen LogP contribution in [0.2, 0.25) is 5.02 Å². The number of benzene rings is 2. The van der Waals surface area contributed by atoms with Crippen molar-refractivity contribution < 1.29 is 9.18 Å². The Morgan fingerprint density at radius 3 is 2.46 bits per heavy atom. The molecule has 1 heterocycles. The third-order valence-electron chi connectivity index (χ3n) is 5.51. The number of carbonyl (C=O) groups is 1. The van der Waals surface area contributed by atoms with E-state index in [1.165, 1.54) is 17.7 Å². The molecule has 1 amide bonds. The van der Waals surface area contributed by atoms with Crippen LogP contribution >= 0.6 is 11.6 Å². The largest absolute Gasteiger partial charge is 0.368 e. The number of hydrogen-bond donors (Lipinski definition) is 0. The van der Waals surface area contributed by atoms with Gasteiger partial charge in [0, 0.05) is 42.8 Å². The van der Waals surface area contributed by atoms with Crippen molar-refractivity contribution in [2.24, 2.45) is 5.92 Å². The Labute approximate surface area is 158 Å². The summed E-state index contributed by atoms with van der Waals surface area (Å²) in [5.74, 6) is 0.308. The van der Waals surface area contributed by atoms with Gasteiger partial charge in [0.15, 0.2) is 0 Å². The molecule has 1 saturated heterocycles. The standard InChI is InChI=1S/C21H22ClFN2O/c1-14-2-5-16(22)12-20(14)24-8-10-25(11-9-24)21(26)19-13-18(19)15-3-6-17(23)7-4-15/h2-7,12,18-19H,8-11,13H2,1H3/t18-,19-/m0/s1. The van der Waals surface area contributed by atoms with Crippen LogP contribution in [0.25, 0.3) is 0 Å². The van der Waals surface area contributed by atoms with Gasteiger partial charge in [0.25, 0.3) is 0 Å². The molecule has 1 aliphatic heterocycles. The normalized spacial score (nSPS) is 22.4. The Morgan fingerprint density at radius 1 is 1.08 bits per heavy atom. The highest BCUT2D eigenvalue weighted by molar-refractivity contribution is 6.30. The first-order valence-electron chi connectivity index (χ1n) is 9.08. The van der Waals surface area contributed by atoms with Crippen LogP contribution in [0.5, 0.6) is 0 Å². The predicted octanol–water partition coefficient (Wildman–Crippen LogP) is 4.24. The Bertz CT molecular complexity index is 815. The van der Waals surface area contributed by atoms with Gasteiger partial charge in [0.05, 0.1) is 0 Å². The van der Waals surface area contributed by atoms with Crippen molar-refractivity contribution in [1.82, 2.24) is 4.90 Å². The van der Waals surface area contributed by atoms with Gasteiger partial charge in [-0.15, -0.1) is 0 Å². The fourth-order valence-electron chi connectivity index (χ4n) is 3.87. The maximum atomic E-state index is 13.1. The maximum Gasteiger partial charge on any atom is 0.226 e. The van der Waals surface area contributed by atoms with Crippen molar-refractivity contribution in [3.8, 4) is 0 Å².